The average Bonchev–Trinajstić information content (AvgIpc) is 2.71. The average molecular weight is 249 g/mol. The molecule has 0 aliphatic carbocycles. The minimum Gasteiger partial charge on any atom is -0.494 e. The smallest absolute Gasteiger partial charge is 0.207 e. The summed E-state index contributed by atoms with van der Waals surface area (Å²) in [5.41, 5.74) is 1.62. The van der Waals surface area contributed by atoms with Crippen LogP contribution in [0.4, 0.5) is 16.0 Å². The summed E-state index contributed by atoms with van der Waals surface area (Å²) in [6.45, 7) is 4.78. The highest BCUT2D eigenvalue weighted by Gasteiger charge is 2.09. The zero-order valence-electron chi connectivity index (χ0n) is 10.7. The Morgan fingerprint density at radius 1 is 1.44 bits per heavy atom. The third-order valence-corrected chi connectivity index (χ3v) is 2.65. The van der Waals surface area contributed by atoms with Crippen molar-refractivity contribution in [1.29, 1.82) is 0 Å². The van der Waals surface area contributed by atoms with Crippen LogP contribution in [0.2, 0.25) is 0 Å². The van der Waals surface area contributed by atoms with Crippen LogP contribution in [0.15, 0.2) is 24.4 Å². The Hall–Kier alpha value is -2.04. The molecule has 0 amide bonds. The van der Waals surface area contributed by atoms with Gasteiger partial charge in [-0.05, 0) is 26.0 Å². The number of nitrogens with zero attached hydrogens (tertiary/aromatic N) is 2. The number of aryl methyl sites for hydroxylation is 2. The molecule has 1 heterocycles. The number of ether oxygens (including phenoxy) is 1. The van der Waals surface area contributed by atoms with Gasteiger partial charge in [0, 0.05) is 18.8 Å². The Morgan fingerprint density at radius 3 is 2.89 bits per heavy atom. The number of nitrogens with one attached hydrogen (secondary N) is 1. The van der Waals surface area contributed by atoms with Crippen LogP contribution in [-0.4, -0.2) is 16.7 Å². The highest BCUT2D eigenvalue weighted by atomic mass is 19.1. The molecule has 1 aromatic heterocycles. The first-order chi connectivity index (χ1) is 8.63. The molecular weight excluding hydrogens is 233 g/mol. The van der Waals surface area contributed by atoms with E-state index in [-0.39, 0.29) is 5.82 Å². The van der Waals surface area contributed by atoms with Crippen LogP contribution in [0.3, 0.4) is 0 Å². The van der Waals surface area contributed by atoms with Crippen LogP contribution in [0, 0.1) is 12.7 Å². The minimum absolute atomic E-state index is 0.326. The van der Waals surface area contributed by atoms with Crippen molar-refractivity contribution in [2.24, 2.45) is 0 Å². The predicted octanol–water partition coefficient (Wildman–Crippen LogP) is 3.10. The van der Waals surface area contributed by atoms with Crippen LogP contribution < -0.4 is 10.1 Å². The van der Waals surface area contributed by atoms with E-state index < -0.39 is 0 Å². The summed E-state index contributed by atoms with van der Waals surface area (Å²) in [7, 11) is 1.51. The normalized spacial score (nSPS) is 10.4. The number of benzene rings is 1. The van der Waals surface area contributed by atoms with Gasteiger partial charge >= 0.3 is 0 Å². The van der Waals surface area contributed by atoms with E-state index in [9.17, 15) is 4.39 Å². The number of aromatic nitrogens is 2. The molecule has 0 fully saturated rings. The molecule has 0 aliphatic heterocycles. The van der Waals surface area contributed by atoms with Gasteiger partial charge in [0.05, 0.1) is 18.5 Å². The molecule has 0 spiro atoms. The fraction of sp³-hybridized carbons (Fsp3) is 0.308. The molecule has 1 aromatic carbocycles. The van der Waals surface area contributed by atoms with Gasteiger partial charge in [-0.15, -0.1) is 0 Å². The second kappa shape index (κ2) is 5.08. The van der Waals surface area contributed by atoms with Crippen molar-refractivity contribution < 1.29 is 9.13 Å². The lowest BCUT2D eigenvalue weighted by molar-refractivity contribution is 0.413. The Morgan fingerprint density at radius 2 is 2.22 bits per heavy atom. The maximum Gasteiger partial charge on any atom is 0.207 e. The Bertz CT molecular complexity index is 551. The number of hydrogen-bond acceptors (Lipinski definition) is 3. The van der Waals surface area contributed by atoms with Gasteiger partial charge in [0.1, 0.15) is 11.6 Å². The van der Waals surface area contributed by atoms with E-state index in [1.54, 1.807) is 6.07 Å². The number of methoxy groups -OCH3 is 1. The van der Waals surface area contributed by atoms with E-state index >= 15 is 0 Å². The summed E-state index contributed by atoms with van der Waals surface area (Å²) in [5.74, 6) is 0.852. The molecule has 96 valence electrons. The van der Waals surface area contributed by atoms with Gasteiger partial charge in [0.25, 0.3) is 0 Å². The molecule has 0 saturated heterocycles. The van der Waals surface area contributed by atoms with Crippen LogP contribution in [-0.2, 0) is 6.54 Å². The van der Waals surface area contributed by atoms with Crippen molar-refractivity contribution in [3.05, 3.63) is 35.9 Å². The van der Waals surface area contributed by atoms with E-state index in [1.165, 1.54) is 19.2 Å². The van der Waals surface area contributed by atoms with E-state index in [1.807, 2.05) is 24.6 Å². The molecule has 2 rings (SSSR count). The molecule has 0 bridgehead atoms. The zero-order valence-corrected chi connectivity index (χ0v) is 10.7. The maximum atomic E-state index is 13.1. The molecule has 4 nitrogen and oxygen atoms in total. The Labute approximate surface area is 105 Å². The lowest BCUT2D eigenvalue weighted by Crippen LogP contribution is -2.02. The highest BCUT2D eigenvalue weighted by Crippen LogP contribution is 2.27. The van der Waals surface area contributed by atoms with Gasteiger partial charge < -0.3 is 14.6 Å². The fourth-order valence-electron chi connectivity index (χ4n) is 1.78. The van der Waals surface area contributed by atoms with Gasteiger partial charge in [-0.2, -0.15) is 0 Å². The van der Waals surface area contributed by atoms with Gasteiger partial charge in [0.2, 0.25) is 5.95 Å². The number of rotatable bonds is 4. The van der Waals surface area contributed by atoms with Gasteiger partial charge in [0.15, 0.2) is 0 Å². The Kier molecular flexibility index (Phi) is 3.50. The Balaban J connectivity index is 2.33. The predicted molar refractivity (Wildman–Crippen MR) is 68.9 cm³/mol. The van der Waals surface area contributed by atoms with Gasteiger partial charge in [-0.25, -0.2) is 9.37 Å². The fourth-order valence-corrected chi connectivity index (χ4v) is 1.78. The lowest BCUT2D eigenvalue weighted by Gasteiger charge is -2.11. The van der Waals surface area contributed by atoms with Crippen molar-refractivity contribution in [3.63, 3.8) is 0 Å². The molecule has 1 N–H and O–H groups in total. The summed E-state index contributed by atoms with van der Waals surface area (Å²) in [5, 5.41) is 3.15. The molecular formula is C13H16FN3O. The topological polar surface area (TPSA) is 39.1 Å². The van der Waals surface area contributed by atoms with E-state index in [2.05, 4.69) is 10.3 Å². The van der Waals surface area contributed by atoms with Crippen LogP contribution in [0.25, 0.3) is 0 Å². The van der Waals surface area contributed by atoms with Crippen molar-refractivity contribution >= 4 is 11.6 Å². The van der Waals surface area contributed by atoms with Crippen molar-refractivity contribution in [1.82, 2.24) is 9.55 Å². The summed E-state index contributed by atoms with van der Waals surface area (Å²) in [6, 6.07) is 4.36. The van der Waals surface area contributed by atoms with Crippen molar-refractivity contribution in [3.8, 4) is 5.75 Å². The summed E-state index contributed by atoms with van der Waals surface area (Å²) in [4.78, 5) is 4.38. The molecule has 0 radical (unpaired) electrons. The molecule has 0 unspecified atom stereocenters. The van der Waals surface area contributed by atoms with Crippen molar-refractivity contribution in [2.75, 3.05) is 12.4 Å². The van der Waals surface area contributed by atoms with Crippen molar-refractivity contribution in [2.45, 2.75) is 20.4 Å². The minimum atomic E-state index is -0.326. The molecule has 0 saturated carbocycles. The third kappa shape index (κ3) is 2.45. The zero-order chi connectivity index (χ0) is 13.1. The highest BCUT2D eigenvalue weighted by molar-refractivity contribution is 5.62. The lowest BCUT2D eigenvalue weighted by atomic mass is 10.3. The number of halogens is 1. The quantitative estimate of drug-likeness (QED) is 0.905. The van der Waals surface area contributed by atoms with Gasteiger partial charge in [-0.1, -0.05) is 0 Å². The molecule has 18 heavy (non-hydrogen) atoms. The van der Waals surface area contributed by atoms with Crippen LogP contribution >= 0.6 is 0 Å². The summed E-state index contributed by atoms with van der Waals surface area (Å²) >= 11 is 0. The third-order valence-electron chi connectivity index (χ3n) is 2.65. The second-order valence-electron chi connectivity index (χ2n) is 3.96. The van der Waals surface area contributed by atoms with Crippen LogP contribution in [0.1, 0.15) is 12.6 Å². The molecule has 5 heteroatoms. The first-order valence-electron chi connectivity index (χ1n) is 5.78. The van der Waals surface area contributed by atoms with E-state index in [0.717, 1.165) is 18.2 Å². The molecule has 0 atom stereocenters. The number of hydrogen-bond donors (Lipinski definition) is 1. The standard InChI is InChI=1S/C13H16FN3O/c1-4-17-8-9(2)15-13(17)16-11-6-5-10(14)7-12(11)18-3/h5-8H,4H2,1-3H3,(H,15,16). The molecule has 0 aliphatic rings. The van der Waals surface area contributed by atoms with E-state index in [4.69, 9.17) is 4.74 Å². The number of imidazole rings is 1. The summed E-state index contributed by atoms with van der Waals surface area (Å²) in [6.07, 6.45) is 1.96. The first-order valence-corrected chi connectivity index (χ1v) is 5.78. The van der Waals surface area contributed by atoms with Crippen LogP contribution in [0.5, 0.6) is 5.75 Å². The molecule has 2 aromatic rings. The monoisotopic (exact) mass is 249 g/mol. The largest absolute Gasteiger partial charge is 0.494 e. The first kappa shape index (κ1) is 12.4. The number of anilines is 2. The van der Waals surface area contributed by atoms with E-state index in [0.29, 0.717) is 11.4 Å². The maximum absolute atomic E-state index is 13.1. The second-order valence-corrected chi connectivity index (χ2v) is 3.96. The summed E-state index contributed by atoms with van der Waals surface area (Å²) < 4.78 is 20.2. The SMILES string of the molecule is CCn1cc(C)nc1Nc1ccc(F)cc1OC. The van der Waals surface area contributed by atoms with Gasteiger partial charge in [-0.3, -0.25) is 0 Å².